The first kappa shape index (κ1) is 10.8. The third-order valence-electron chi connectivity index (χ3n) is 2.72. The molecule has 1 heterocycles. The van der Waals surface area contributed by atoms with E-state index in [4.69, 9.17) is 5.11 Å². The van der Waals surface area contributed by atoms with Gasteiger partial charge in [-0.15, -0.1) is 0 Å². The molecule has 1 saturated carbocycles. The minimum atomic E-state index is -3.49. The van der Waals surface area contributed by atoms with Crippen molar-refractivity contribution in [2.45, 2.75) is 12.8 Å². The third kappa shape index (κ3) is 2.30. The Hall–Kier alpha value is -0.660. The summed E-state index contributed by atoms with van der Waals surface area (Å²) in [6, 6.07) is 0. The molecule has 2 rings (SSSR count). The third-order valence-corrected chi connectivity index (χ3v) is 4.67. The summed E-state index contributed by atoms with van der Waals surface area (Å²) in [5, 5.41) is 8.56. The van der Waals surface area contributed by atoms with Crippen molar-refractivity contribution >= 4 is 16.2 Å². The van der Waals surface area contributed by atoms with E-state index in [1.807, 2.05) is 0 Å². The lowest BCUT2D eigenvalue weighted by Crippen LogP contribution is -2.36. The molecule has 0 aromatic carbocycles. The summed E-state index contributed by atoms with van der Waals surface area (Å²) in [6.07, 6.45) is 2.18. The van der Waals surface area contributed by atoms with E-state index < -0.39 is 22.7 Å². The number of carboxylic acid groups (broad SMARTS) is 1. The number of rotatable bonds is 4. The van der Waals surface area contributed by atoms with Crippen LogP contribution in [-0.2, 0) is 15.0 Å². The lowest BCUT2D eigenvalue weighted by molar-refractivity contribution is -0.137. The Bertz CT molecular complexity index is 363. The van der Waals surface area contributed by atoms with Crippen LogP contribution in [-0.4, -0.2) is 54.3 Å². The van der Waals surface area contributed by atoms with Gasteiger partial charge in [-0.2, -0.15) is 17.0 Å². The van der Waals surface area contributed by atoms with Gasteiger partial charge in [0.2, 0.25) is 0 Å². The molecule has 86 valence electrons. The minimum absolute atomic E-state index is 0.293. The van der Waals surface area contributed by atoms with Gasteiger partial charge in [-0.25, -0.2) is 0 Å². The summed E-state index contributed by atoms with van der Waals surface area (Å²) in [7, 11) is -3.49. The average Bonchev–Trinajstić information content (AvgIpc) is 2.87. The average molecular weight is 234 g/mol. The summed E-state index contributed by atoms with van der Waals surface area (Å²) in [4.78, 5) is 10.5. The van der Waals surface area contributed by atoms with Gasteiger partial charge in [0, 0.05) is 19.6 Å². The maximum atomic E-state index is 11.8. The Balaban J connectivity index is 2.02. The van der Waals surface area contributed by atoms with Crippen molar-refractivity contribution in [3.8, 4) is 0 Å². The molecule has 0 bridgehead atoms. The quantitative estimate of drug-likeness (QED) is 0.700. The maximum absolute atomic E-state index is 11.8. The van der Waals surface area contributed by atoms with Gasteiger partial charge in [0.15, 0.2) is 0 Å². The van der Waals surface area contributed by atoms with Crippen molar-refractivity contribution in [1.82, 2.24) is 8.61 Å². The van der Waals surface area contributed by atoms with Gasteiger partial charge in [0.05, 0.1) is 0 Å². The highest BCUT2D eigenvalue weighted by Gasteiger charge is 2.40. The summed E-state index contributed by atoms with van der Waals surface area (Å²) in [5.74, 6) is -0.614. The monoisotopic (exact) mass is 234 g/mol. The predicted octanol–water partition coefficient (Wildman–Crippen LogP) is -0.657. The fourth-order valence-electron chi connectivity index (χ4n) is 1.70. The standard InChI is InChI=1S/C8H14N2O4S/c11-8(12)6-10-4-3-9(15(10,13)14)5-7-1-2-7/h7H,1-6H2,(H,11,12). The molecule has 0 atom stereocenters. The second kappa shape index (κ2) is 3.73. The van der Waals surface area contributed by atoms with Gasteiger partial charge in [0.25, 0.3) is 10.2 Å². The van der Waals surface area contributed by atoms with Gasteiger partial charge in [0.1, 0.15) is 6.54 Å². The van der Waals surface area contributed by atoms with E-state index >= 15 is 0 Å². The molecule has 1 N–H and O–H groups in total. The van der Waals surface area contributed by atoms with E-state index in [9.17, 15) is 13.2 Å². The second-order valence-corrected chi connectivity index (χ2v) is 5.96. The summed E-state index contributed by atoms with van der Waals surface area (Å²) < 4.78 is 26.0. The van der Waals surface area contributed by atoms with Gasteiger partial charge in [-0.3, -0.25) is 4.79 Å². The lowest BCUT2D eigenvalue weighted by atomic mass is 10.4. The lowest BCUT2D eigenvalue weighted by Gasteiger charge is -2.16. The van der Waals surface area contributed by atoms with Crippen LogP contribution in [0.5, 0.6) is 0 Å². The molecule has 7 heteroatoms. The van der Waals surface area contributed by atoms with E-state index in [1.165, 1.54) is 4.31 Å². The molecular formula is C8H14N2O4S. The Morgan fingerprint density at radius 3 is 2.40 bits per heavy atom. The normalized spacial score (nSPS) is 26.9. The van der Waals surface area contributed by atoms with Crippen LogP contribution >= 0.6 is 0 Å². The molecule has 0 unspecified atom stereocenters. The largest absolute Gasteiger partial charge is 0.480 e. The van der Waals surface area contributed by atoms with Gasteiger partial charge in [-0.05, 0) is 18.8 Å². The van der Waals surface area contributed by atoms with Crippen LogP contribution in [0, 0.1) is 5.92 Å². The fourth-order valence-corrected chi connectivity index (χ4v) is 3.33. The van der Waals surface area contributed by atoms with Crippen LogP contribution in [0.4, 0.5) is 0 Å². The molecule has 0 aromatic heterocycles. The van der Waals surface area contributed by atoms with Gasteiger partial charge < -0.3 is 5.11 Å². The summed E-state index contributed by atoms with van der Waals surface area (Å²) >= 11 is 0. The molecule has 1 saturated heterocycles. The maximum Gasteiger partial charge on any atom is 0.318 e. The number of hydrogen-bond donors (Lipinski definition) is 1. The van der Waals surface area contributed by atoms with Crippen LogP contribution < -0.4 is 0 Å². The van der Waals surface area contributed by atoms with E-state index in [0.29, 0.717) is 25.6 Å². The van der Waals surface area contributed by atoms with E-state index in [0.717, 1.165) is 17.1 Å². The second-order valence-electron chi connectivity index (χ2n) is 4.04. The fraction of sp³-hybridized carbons (Fsp3) is 0.875. The highest BCUT2D eigenvalue weighted by Crippen LogP contribution is 2.32. The summed E-state index contributed by atoms with van der Waals surface area (Å²) in [6.45, 7) is 0.843. The summed E-state index contributed by atoms with van der Waals surface area (Å²) in [5.41, 5.74) is 0. The molecule has 2 fully saturated rings. The van der Waals surface area contributed by atoms with Crippen LogP contribution in [0.3, 0.4) is 0 Å². The molecule has 2 aliphatic rings. The van der Waals surface area contributed by atoms with Crippen molar-refractivity contribution in [2.75, 3.05) is 26.2 Å². The number of carboxylic acids is 1. The molecule has 1 aliphatic heterocycles. The Morgan fingerprint density at radius 2 is 1.87 bits per heavy atom. The van der Waals surface area contributed by atoms with Gasteiger partial charge >= 0.3 is 5.97 Å². The highest BCUT2D eigenvalue weighted by molar-refractivity contribution is 7.87. The first-order valence-electron chi connectivity index (χ1n) is 4.97. The zero-order valence-electron chi connectivity index (χ0n) is 8.29. The minimum Gasteiger partial charge on any atom is -0.480 e. The van der Waals surface area contributed by atoms with Crippen LogP contribution in [0.25, 0.3) is 0 Å². The van der Waals surface area contributed by atoms with E-state index in [-0.39, 0.29) is 0 Å². The zero-order chi connectivity index (χ0) is 11.1. The van der Waals surface area contributed by atoms with Crippen molar-refractivity contribution in [2.24, 2.45) is 5.92 Å². The van der Waals surface area contributed by atoms with Crippen LogP contribution in [0.15, 0.2) is 0 Å². The van der Waals surface area contributed by atoms with Crippen LogP contribution in [0.2, 0.25) is 0 Å². The Morgan fingerprint density at radius 1 is 1.27 bits per heavy atom. The number of hydrogen-bond acceptors (Lipinski definition) is 3. The van der Waals surface area contributed by atoms with E-state index in [2.05, 4.69) is 0 Å². The molecule has 0 radical (unpaired) electrons. The Kier molecular flexibility index (Phi) is 2.70. The van der Waals surface area contributed by atoms with Gasteiger partial charge in [-0.1, -0.05) is 0 Å². The zero-order valence-corrected chi connectivity index (χ0v) is 9.11. The number of aliphatic carboxylic acids is 1. The topological polar surface area (TPSA) is 77.9 Å². The number of carbonyl (C=O) groups is 1. The van der Waals surface area contributed by atoms with Crippen molar-refractivity contribution < 1.29 is 18.3 Å². The van der Waals surface area contributed by atoms with Crippen molar-refractivity contribution in [3.05, 3.63) is 0 Å². The first-order chi connectivity index (χ1) is 7.00. The molecule has 0 amide bonds. The molecule has 0 spiro atoms. The smallest absolute Gasteiger partial charge is 0.318 e. The molecule has 1 aliphatic carbocycles. The Labute approximate surface area is 88.7 Å². The molecular weight excluding hydrogens is 220 g/mol. The molecule has 15 heavy (non-hydrogen) atoms. The first-order valence-corrected chi connectivity index (χ1v) is 6.37. The number of nitrogens with zero attached hydrogens (tertiary/aromatic N) is 2. The van der Waals surface area contributed by atoms with Crippen molar-refractivity contribution in [3.63, 3.8) is 0 Å². The van der Waals surface area contributed by atoms with Crippen molar-refractivity contribution in [1.29, 1.82) is 0 Å². The highest BCUT2D eigenvalue weighted by atomic mass is 32.2. The van der Waals surface area contributed by atoms with Crippen LogP contribution in [0.1, 0.15) is 12.8 Å². The predicted molar refractivity (Wildman–Crippen MR) is 52.4 cm³/mol. The molecule has 6 nitrogen and oxygen atoms in total. The molecule has 0 aromatic rings. The SMILES string of the molecule is O=C(O)CN1CCN(CC2CC2)S1(=O)=O. The van der Waals surface area contributed by atoms with E-state index in [1.54, 1.807) is 0 Å².